The maximum absolute atomic E-state index is 6.77. The number of benzene rings is 3. The molecule has 3 aromatic rings. The number of hydrogen-bond acceptors (Lipinski definition) is 9. The zero-order chi connectivity index (χ0) is 48.8. The number of likely N-dealkylation sites (tertiary alicyclic amines) is 3. The fourth-order valence-electron chi connectivity index (χ4n) is 18.0. The van der Waals surface area contributed by atoms with Crippen LogP contribution >= 0.6 is 37.9 Å². The number of fused-ring (bicyclic) bond motifs is 3. The van der Waals surface area contributed by atoms with Gasteiger partial charge >= 0.3 is 0 Å². The normalized spacial score (nSPS) is 37.0. The molecule has 16 heteroatoms. The quantitative estimate of drug-likeness (QED) is 0.170. The first-order valence-electron chi connectivity index (χ1n) is 27.0. The zero-order valence-electron chi connectivity index (χ0n) is 43.9. The van der Waals surface area contributed by atoms with Gasteiger partial charge in [0.05, 0.1) is 34.5 Å². The zero-order valence-corrected chi connectivity index (χ0v) is 57.2. The molecule has 3 saturated heterocycles. The van der Waals surface area contributed by atoms with Gasteiger partial charge in [0.1, 0.15) is 11.9 Å². The van der Waals surface area contributed by atoms with Gasteiger partial charge in [-0.3, -0.25) is 11.3 Å². The first-order valence-corrected chi connectivity index (χ1v) is 28.9. The van der Waals surface area contributed by atoms with E-state index in [0.29, 0.717) is 30.0 Å². The Bertz CT molecular complexity index is 2700. The van der Waals surface area contributed by atoms with E-state index in [4.69, 9.17) is 27.6 Å². The molecule has 3 spiro atoms. The molecule has 0 amide bonds. The molecule has 0 N–H and O–H groups in total. The van der Waals surface area contributed by atoms with Crippen LogP contribution in [0.1, 0.15) is 113 Å². The largest absolute Gasteiger partial charge is 0.488 e. The molecule has 8 aliphatic carbocycles. The Morgan fingerprint density at radius 3 is 1.99 bits per heavy atom. The van der Waals surface area contributed by atoms with Crippen molar-refractivity contribution < 1.29 is 114 Å². The molecular formula is C58H74N3O6P4WY2-3. The van der Waals surface area contributed by atoms with E-state index in [0.717, 1.165) is 106 Å². The Balaban J connectivity index is 0.000000125. The van der Waals surface area contributed by atoms with Crippen LogP contribution in [0, 0.1) is 35.5 Å². The monoisotopic (exact) mass is 1390 g/mol. The Kier molecular flexibility index (Phi) is 16.8. The molecule has 16 atom stereocenters. The molecule has 6 fully saturated rings. The van der Waals surface area contributed by atoms with Crippen LogP contribution < -0.4 is 23.0 Å². The molecule has 13 aliphatic rings. The average Bonchev–Trinajstić information content (AvgIpc) is 3.95. The van der Waals surface area contributed by atoms with Gasteiger partial charge in [0.25, 0.3) is 0 Å². The molecule has 0 aromatic heterocycles. The molecule has 6 unspecified atom stereocenters. The summed E-state index contributed by atoms with van der Waals surface area (Å²) in [5.41, 5.74) is 9.24. The molecule has 3 saturated carbocycles. The van der Waals surface area contributed by atoms with Crippen molar-refractivity contribution in [2.24, 2.45) is 17.3 Å². The fraction of sp³-hybridized carbons (Fsp3) is 0.569. The van der Waals surface area contributed by atoms with Crippen molar-refractivity contribution in [2.75, 3.05) is 39.3 Å². The molecule has 5 heterocycles. The summed E-state index contributed by atoms with van der Waals surface area (Å²) in [5, 5.41) is 0. The summed E-state index contributed by atoms with van der Waals surface area (Å²) in [6.07, 6.45) is 24.0. The Morgan fingerprint density at radius 1 is 0.689 bits per heavy atom. The van der Waals surface area contributed by atoms with E-state index < -0.39 is 0 Å². The van der Waals surface area contributed by atoms with Crippen molar-refractivity contribution >= 4 is 37.9 Å². The fourth-order valence-corrected chi connectivity index (χ4v) is 18.9. The summed E-state index contributed by atoms with van der Waals surface area (Å²) in [6.45, 7) is 18.5. The van der Waals surface area contributed by atoms with Crippen molar-refractivity contribution in [3.63, 3.8) is 0 Å². The number of rotatable bonds is 7. The Labute approximate surface area is 515 Å². The van der Waals surface area contributed by atoms with Gasteiger partial charge in [-0.15, -0.1) is 0 Å². The maximum Gasteiger partial charge on any atom is 0.166 e. The minimum atomic E-state index is -0.295. The van der Waals surface area contributed by atoms with Gasteiger partial charge in [-0.25, -0.2) is 24.3 Å². The third-order valence-corrected chi connectivity index (χ3v) is 22.2. The third-order valence-electron chi connectivity index (χ3n) is 21.0. The third kappa shape index (κ3) is 7.87. The number of piperidine rings is 3. The minimum Gasteiger partial charge on any atom is -0.488 e. The molecule has 8 bridgehead atoms. The molecule has 392 valence electrons. The number of allylic oxidation sites excluding steroid dienone is 1. The van der Waals surface area contributed by atoms with Crippen LogP contribution in [0.25, 0.3) is 0 Å². The smallest absolute Gasteiger partial charge is 0.166 e. The van der Waals surface area contributed by atoms with Crippen molar-refractivity contribution in [1.82, 2.24) is 14.7 Å². The van der Waals surface area contributed by atoms with Gasteiger partial charge < -0.3 is 37.4 Å². The molecular weight excluding hydrogens is 1320 g/mol. The number of hydrogen-bond donors (Lipinski definition) is 0. The molecule has 74 heavy (non-hydrogen) atoms. The van der Waals surface area contributed by atoms with Gasteiger partial charge in [-0.2, -0.15) is 18.3 Å². The number of likely N-dealkylation sites (N-methyl/N-ethyl adjacent to an activating group) is 3. The predicted molar refractivity (Wildman–Crippen MR) is 294 cm³/mol. The van der Waals surface area contributed by atoms with Crippen LogP contribution in [0.15, 0.2) is 66.8 Å². The van der Waals surface area contributed by atoms with Crippen LogP contribution in [0.4, 0.5) is 0 Å². The van der Waals surface area contributed by atoms with E-state index in [1.807, 2.05) is 0 Å². The van der Waals surface area contributed by atoms with E-state index >= 15 is 0 Å². The van der Waals surface area contributed by atoms with Crippen molar-refractivity contribution in [1.29, 1.82) is 0 Å². The number of ether oxygens (including phenoxy) is 2. The Morgan fingerprint density at radius 2 is 1.32 bits per heavy atom. The van der Waals surface area contributed by atoms with Gasteiger partial charge in [0, 0.05) is 104 Å². The summed E-state index contributed by atoms with van der Waals surface area (Å²) >= 11 is 0. The van der Waals surface area contributed by atoms with E-state index in [9.17, 15) is 0 Å². The van der Waals surface area contributed by atoms with Crippen molar-refractivity contribution in [2.45, 2.75) is 151 Å². The van der Waals surface area contributed by atoms with Crippen LogP contribution in [0.5, 0.6) is 28.7 Å². The van der Waals surface area contributed by atoms with E-state index in [-0.39, 0.29) is 126 Å². The summed E-state index contributed by atoms with van der Waals surface area (Å²) in [5.74, 6) is 9.00. The molecule has 3 aromatic carbocycles. The second-order valence-electron chi connectivity index (χ2n) is 23.2. The van der Waals surface area contributed by atoms with E-state index in [2.05, 4.69) is 160 Å². The minimum absolute atomic E-state index is 0. The average molecular weight is 1390 g/mol. The van der Waals surface area contributed by atoms with Gasteiger partial charge in [-0.1, -0.05) is 71.1 Å². The van der Waals surface area contributed by atoms with Crippen LogP contribution in [0.3, 0.4) is 0 Å². The summed E-state index contributed by atoms with van der Waals surface area (Å²) in [4.78, 5) is 8.03. The van der Waals surface area contributed by atoms with Gasteiger partial charge in [0.2, 0.25) is 0 Å². The predicted octanol–water partition coefficient (Wildman–Crippen LogP) is 10.6. The van der Waals surface area contributed by atoms with Gasteiger partial charge in [-0.05, 0) is 186 Å². The summed E-state index contributed by atoms with van der Waals surface area (Å²) in [7, 11) is 9.69. The molecule has 9 nitrogen and oxygen atoms in total. The first-order chi connectivity index (χ1) is 34.5. The Hall–Kier alpha value is 0.336. The van der Waals surface area contributed by atoms with Crippen molar-refractivity contribution in [3.05, 3.63) is 118 Å². The first kappa shape index (κ1) is 57.6. The molecule has 16 rings (SSSR count). The number of nitrogens with zero attached hydrogens (tertiary/aromatic N) is 3. The van der Waals surface area contributed by atoms with Crippen molar-refractivity contribution in [3.8, 4) is 28.7 Å². The summed E-state index contributed by atoms with van der Waals surface area (Å²) < 4.78 is 36.0. The second-order valence-corrected chi connectivity index (χ2v) is 24.1. The van der Waals surface area contributed by atoms with E-state index in [1.165, 1.54) is 59.2 Å². The van der Waals surface area contributed by atoms with Gasteiger partial charge in [0.15, 0.2) is 23.0 Å². The summed E-state index contributed by atoms with van der Waals surface area (Å²) in [6, 6.07) is 17.1. The molecule has 2 radical (unpaired) electrons. The SMILES string of the molecule is CCN1CC[C@]23CC(C)C=C[C-]2[C@H]1Cc1ccc(OP)cc13.CCN1CC[C@]23c4c5ccc(OP)c4O[C@H]2C(C)C=C[C-]3[C@H]1C5.CCN1CC[C@]23c4c5ccc(OP)c4O[C@H]2[C@]2(OP)[CH-]C[C@]3(CC2)[C@H]1C5.[W].[Y].[Y]. The van der Waals surface area contributed by atoms with Crippen LogP contribution in [-0.2, 0) is 127 Å². The maximum atomic E-state index is 6.77. The van der Waals surface area contributed by atoms with Crippen LogP contribution in [0.2, 0.25) is 0 Å². The molecule has 5 aliphatic heterocycles. The second kappa shape index (κ2) is 21.6. The van der Waals surface area contributed by atoms with E-state index in [1.54, 1.807) is 11.8 Å². The standard InChI is InChI=1S/C20H26NO3P2.C19H23NO2P.C19H25NOP.W.2Y/c1-2-21-10-9-20-15-12-3-4-13(23-25)16(15)22-17(20)19(24-26)7-5-18(20,6-8-19)14(21)11-12;1-3-20-9-8-19-13-6-4-11(2)18(19)21-17-15(22-23)7-5-12(16(17)19)10-14(13)20;1-3-20-9-8-19-12-13(2)4-7-16(19)18(20)10-14-5-6-15(21-22)11-17(14)19;;;/h3-4,7,14,17H,2,5-6,8-11,25-26H2,1H3;4-7,11,14,18H,3,8-10,23H2,1-2H3;4-7,11,13,18H,3,8-10,12,22H2,1-2H3;;;/q3*-1;;;/t14-,17+,18+,19+,20+;11?,14-,18+,19+;13?,18-,19+;;;/m111.../s1. The topological polar surface area (TPSA) is 65.1 Å². The van der Waals surface area contributed by atoms with Crippen LogP contribution in [-0.4, -0.2) is 89.9 Å².